The Morgan fingerprint density at radius 3 is 2.79 bits per heavy atom. The van der Waals surface area contributed by atoms with E-state index in [0.29, 0.717) is 13.0 Å². The van der Waals surface area contributed by atoms with Crippen molar-refractivity contribution in [2.24, 2.45) is 5.92 Å². The molecule has 156 valence electrons. The van der Waals surface area contributed by atoms with Gasteiger partial charge in [-0.15, -0.1) is 0 Å². The molecule has 7 heteroatoms. The Kier molecular flexibility index (Phi) is 5.96. The summed E-state index contributed by atoms with van der Waals surface area (Å²) < 4.78 is 0. The van der Waals surface area contributed by atoms with E-state index in [1.54, 1.807) is 6.20 Å². The minimum atomic E-state index is -0.727. The zero-order valence-corrected chi connectivity index (χ0v) is 17.2. The van der Waals surface area contributed by atoms with Crippen LogP contribution in [0.25, 0.3) is 0 Å². The van der Waals surface area contributed by atoms with Crippen LogP contribution in [0.5, 0.6) is 0 Å². The lowest BCUT2D eigenvalue weighted by molar-refractivity contribution is -0.137. The molecule has 0 bridgehead atoms. The fourth-order valence-corrected chi connectivity index (χ4v) is 4.64. The molecule has 2 aromatic heterocycles. The third-order valence-corrected chi connectivity index (χ3v) is 6.27. The van der Waals surface area contributed by atoms with E-state index in [-0.39, 0.29) is 29.7 Å². The summed E-state index contributed by atoms with van der Waals surface area (Å²) in [6, 6.07) is 3.93. The number of nitrogens with one attached hydrogen (secondary N) is 2. The van der Waals surface area contributed by atoms with Crippen LogP contribution in [0.3, 0.4) is 0 Å². The Balaban J connectivity index is 1.55. The number of carbonyl (C=O) groups excluding carboxylic acids is 1. The average Bonchev–Trinajstić information content (AvgIpc) is 3.47. The summed E-state index contributed by atoms with van der Waals surface area (Å²) in [5, 5.41) is 14.8. The fraction of sp³-hybridized carbons (Fsp3) is 0.591. The number of hydrogen-bond acceptors (Lipinski definition) is 5. The SMILES string of the molecule is CC(C)c1ncc([C@@H]2[C@H](O)[C@@H](C(=O)N3CCCC3)C[C@H]2NCc2cccnc2)[nH]1. The topological polar surface area (TPSA) is 94.1 Å². The minimum Gasteiger partial charge on any atom is -0.392 e. The van der Waals surface area contributed by atoms with Gasteiger partial charge in [0.15, 0.2) is 0 Å². The van der Waals surface area contributed by atoms with E-state index < -0.39 is 6.10 Å². The number of aromatic amines is 1. The smallest absolute Gasteiger partial charge is 0.228 e. The summed E-state index contributed by atoms with van der Waals surface area (Å²) in [5.41, 5.74) is 1.99. The molecule has 1 aliphatic heterocycles. The van der Waals surface area contributed by atoms with Gasteiger partial charge in [-0.1, -0.05) is 19.9 Å². The highest BCUT2D eigenvalue weighted by Gasteiger charge is 2.48. The van der Waals surface area contributed by atoms with Crippen LogP contribution in [0, 0.1) is 5.92 Å². The molecule has 2 fully saturated rings. The number of aliphatic hydroxyl groups excluding tert-OH is 1. The van der Waals surface area contributed by atoms with Crippen molar-refractivity contribution >= 4 is 5.91 Å². The molecule has 29 heavy (non-hydrogen) atoms. The number of carbonyl (C=O) groups is 1. The Labute approximate surface area is 171 Å². The molecule has 1 saturated heterocycles. The lowest BCUT2D eigenvalue weighted by atomic mass is 9.95. The van der Waals surface area contributed by atoms with Crippen molar-refractivity contribution in [2.45, 2.75) is 63.6 Å². The highest BCUT2D eigenvalue weighted by molar-refractivity contribution is 5.80. The van der Waals surface area contributed by atoms with Crippen molar-refractivity contribution in [3.05, 3.63) is 47.8 Å². The van der Waals surface area contributed by atoms with Crippen molar-refractivity contribution in [1.29, 1.82) is 0 Å². The second kappa shape index (κ2) is 8.63. The normalized spacial score (nSPS) is 27.1. The van der Waals surface area contributed by atoms with Crippen LogP contribution in [0.15, 0.2) is 30.7 Å². The third kappa shape index (κ3) is 4.21. The van der Waals surface area contributed by atoms with Gasteiger partial charge in [-0.25, -0.2) is 4.98 Å². The average molecular weight is 398 g/mol. The van der Waals surface area contributed by atoms with E-state index in [2.05, 4.69) is 34.1 Å². The number of amides is 1. The number of aromatic nitrogens is 3. The molecule has 2 aliphatic rings. The Morgan fingerprint density at radius 1 is 1.34 bits per heavy atom. The number of pyridine rings is 1. The molecule has 7 nitrogen and oxygen atoms in total. The zero-order chi connectivity index (χ0) is 20.4. The van der Waals surface area contributed by atoms with Crippen LogP contribution in [0.2, 0.25) is 0 Å². The van der Waals surface area contributed by atoms with Gasteiger partial charge in [0, 0.05) is 61.8 Å². The van der Waals surface area contributed by atoms with Crippen LogP contribution in [0.4, 0.5) is 0 Å². The van der Waals surface area contributed by atoms with Crippen molar-refractivity contribution in [2.75, 3.05) is 13.1 Å². The minimum absolute atomic E-state index is 0.0118. The lowest BCUT2D eigenvalue weighted by Crippen LogP contribution is -2.38. The van der Waals surface area contributed by atoms with Gasteiger partial charge in [0.2, 0.25) is 5.91 Å². The number of nitrogens with zero attached hydrogens (tertiary/aromatic N) is 3. The molecular formula is C22H31N5O2. The first kappa shape index (κ1) is 20.0. The van der Waals surface area contributed by atoms with Gasteiger partial charge in [0.25, 0.3) is 0 Å². The maximum absolute atomic E-state index is 13.1. The van der Waals surface area contributed by atoms with E-state index >= 15 is 0 Å². The summed E-state index contributed by atoms with van der Waals surface area (Å²) in [6.45, 7) is 6.44. The van der Waals surface area contributed by atoms with Crippen molar-refractivity contribution < 1.29 is 9.90 Å². The molecule has 0 aromatic carbocycles. The van der Waals surface area contributed by atoms with Crippen LogP contribution in [-0.4, -0.2) is 56.1 Å². The molecule has 0 spiro atoms. The Hall–Kier alpha value is -2.25. The number of imidazole rings is 1. The van der Waals surface area contributed by atoms with Gasteiger partial charge in [-0.05, 0) is 30.9 Å². The molecule has 2 aromatic rings. The van der Waals surface area contributed by atoms with Crippen LogP contribution in [0.1, 0.15) is 62.0 Å². The van der Waals surface area contributed by atoms with Crippen LogP contribution < -0.4 is 5.32 Å². The predicted molar refractivity (Wildman–Crippen MR) is 110 cm³/mol. The molecule has 3 heterocycles. The summed E-state index contributed by atoms with van der Waals surface area (Å²) in [5.74, 6) is 0.714. The number of rotatable bonds is 6. The van der Waals surface area contributed by atoms with Crippen LogP contribution in [-0.2, 0) is 11.3 Å². The zero-order valence-electron chi connectivity index (χ0n) is 17.2. The predicted octanol–water partition coefficient (Wildman–Crippen LogP) is 2.17. The molecule has 1 amide bonds. The van der Waals surface area contributed by atoms with Gasteiger partial charge in [0.1, 0.15) is 5.82 Å². The van der Waals surface area contributed by atoms with E-state index in [9.17, 15) is 9.90 Å². The third-order valence-electron chi connectivity index (χ3n) is 6.27. The standard InChI is InChI=1S/C22H31N5O2/c1-14(2)21-25-13-18(26-21)19-17(24-12-15-6-5-7-23-11-15)10-16(20(19)28)22(29)27-8-3-4-9-27/h5-7,11,13-14,16-17,19-20,24,28H,3-4,8-10,12H2,1-2H3,(H,25,26)/t16-,17+,19+,20+/m0/s1. The highest BCUT2D eigenvalue weighted by Crippen LogP contribution is 2.40. The van der Waals surface area contributed by atoms with Crippen molar-refractivity contribution in [3.8, 4) is 0 Å². The molecule has 1 saturated carbocycles. The monoisotopic (exact) mass is 397 g/mol. The second-order valence-corrected chi connectivity index (χ2v) is 8.62. The number of aliphatic hydroxyl groups is 1. The molecule has 4 rings (SSSR count). The van der Waals surface area contributed by atoms with E-state index in [0.717, 1.165) is 43.0 Å². The molecule has 1 aliphatic carbocycles. The number of H-pyrrole nitrogens is 1. The highest BCUT2D eigenvalue weighted by atomic mass is 16.3. The van der Waals surface area contributed by atoms with Gasteiger partial charge < -0.3 is 20.3 Å². The van der Waals surface area contributed by atoms with Gasteiger partial charge >= 0.3 is 0 Å². The molecule has 3 N–H and O–H groups in total. The lowest BCUT2D eigenvalue weighted by Gasteiger charge is -2.24. The largest absolute Gasteiger partial charge is 0.392 e. The molecule has 4 atom stereocenters. The molecule has 0 radical (unpaired) electrons. The first-order chi connectivity index (χ1) is 14.0. The van der Waals surface area contributed by atoms with Crippen molar-refractivity contribution in [3.63, 3.8) is 0 Å². The first-order valence-electron chi connectivity index (χ1n) is 10.7. The summed E-state index contributed by atoms with van der Waals surface area (Å²) in [4.78, 5) is 27.1. The van der Waals surface area contributed by atoms with E-state index in [1.807, 2.05) is 29.4 Å². The maximum Gasteiger partial charge on any atom is 0.228 e. The number of hydrogen-bond donors (Lipinski definition) is 3. The Bertz CT molecular complexity index is 816. The maximum atomic E-state index is 13.1. The van der Waals surface area contributed by atoms with E-state index in [4.69, 9.17) is 0 Å². The van der Waals surface area contributed by atoms with Crippen LogP contribution >= 0.6 is 0 Å². The summed E-state index contributed by atoms with van der Waals surface area (Å²) in [6.07, 6.45) is 7.43. The summed E-state index contributed by atoms with van der Waals surface area (Å²) in [7, 11) is 0. The second-order valence-electron chi connectivity index (χ2n) is 8.62. The van der Waals surface area contributed by atoms with Gasteiger partial charge in [-0.3, -0.25) is 9.78 Å². The first-order valence-corrected chi connectivity index (χ1v) is 10.7. The van der Waals surface area contributed by atoms with E-state index in [1.165, 1.54) is 0 Å². The molecule has 0 unspecified atom stereocenters. The molecular weight excluding hydrogens is 366 g/mol. The summed E-state index contributed by atoms with van der Waals surface area (Å²) >= 11 is 0. The Morgan fingerprint density at radius 2 is 2.14 bits per heavy atom. The van der Waals surface area contributed by atoms with Gasteiger partial charge in [0.05, 0.1) is 12.0 Å². The fourth-order valence-electron chi connectivity index (χ4n) is 4.64. The number of likely N-dealkylation sites (tertiary alicyclic amines) is 1. The van der Waals surface area contributed by atoms with Crippen molar-refractivity contribution in [1.82, 2.24) is 25.2 Å². The van der Waals surface area contributed by atoms with Gasteiger partial charge in [-0.2, -0.15) is 0 Å². The quantitative estimate of drug-likeness (QED) is 0.695.